The van der Waals surface area contributed by atoms with E-state index in [1.807, 2.05) is 43.3 Å². The number of benzene rings is 3. The number of aryl methyl sites for hydroxylation is 1. The molecule has 208 valence electrons. The van der Waals surface area contributed by atoms with Crippen molar-refractivity contribution in [1.29, 1.82) is 0 Å². The van der Waals surface area contributed by atoms with Gasteiger partial charge in [-0.3, -0.25) is 15.0 Å². The minimum Gasteiger partial charge on any atom is -0.406 e. The van der Waals surface area contributed by atoms with Gasteiger partial charge in [-0.1, -0.05) is 30.3 Å². The van der Waals surface area contributed by atoms with Gasteiger partial charge in [0.2, 0.25) is 11.9 Å². The third-order valence-corrected chi connectivity index (χ3v) is 6.23. The molecule has 0 spiro atoms. The van der Waals surface area contributed by atoms with E-state index in [-0.39, 0.29) is 17.6 Å². The summed E-state index contributed by atoms with van der Waals surface area (Å²) in [7, 11) is 0. The molecule has 1 aromatic heterocycles. The van der Waals surface area contributed by atoms with Crippen LogP contribution in [0, 0.1) is 6.92 Å². The number of nitrogens with one attached hydrogen (secondary N) is 2. The number of hydrogen-bond donors (Lipinski definition) is 2. The third-order valence-electron chi connectivity index (χ3n) is 6.23. The molecule has 1 amide bonds. The van der Waals surface area contributed by atoms with Gasteiger partial charge in [0, 0.05) is 30.9 Å². The van der Waals surface area contributed by atoms with Crippen LogP contribution in [0.1, 0.15) is 21.5 Å². The molecule has 5 rings (SSSR count). The minimum atomic E-state index is -4.81. The first-order valence-electron chi connectivity index (χ1n) is 12.6. The van der Waals surface area contributed by atoms with Gasteiger partial charge in [-0.05, 0) is 60.5 Å². The first kappa shape index (κ1) is 27.2. The predicted molar refractivity (Wildman–Crippen MR) is 143 cm³/mol. The number of rotatable bonds is 8. The summed E-state index contributed by atoms with van der Waals surface area (Å²) in [6.07, 6.45) is -4.81. The van der Waals surface area contributed by atoms with Crippen LogP contribution < -0.4 is 15.4 Å². The van der Waals surface area contributed by atoms with Gasteiger partial charge in [0.05, 0.1) is 18.9 Å². The molecule has 4 aromatic rings. The highest BCUT2D eigenvalue weighted by molar-refractivity contribution is 6.04. The summed E-state index contributed by atoms with van der Waals surface area (Å²) in [6.45, 7) is 5.72. The average molecular weight is 553 g/mol. The largest absolute Gasteiger partial charge is 0.573 e. The number of nitrogens with zero attached hydrogens (tertiary/aromatic N) is 4. The van der Waals surface area contributed by atoms with E-state index in [1.165, 1.54) is 28.9 Å². The van der Waals surface area contributed by atoms with E-state index < -0.39 is 12.3 Å². The molecular formula is C28H27F3N6O3. The van der Waals surface area contributed by atoms with Crippen molar-refractivity contribution in [3.63, 3.8) is 0 Å². The smallest absolute Gasteiger partial charge is 0.406 e. The Balaban J connectivity index is 1.41. The Morgan fingerprint density at radius 1 is 1.02 bits per heavy atom. The number of alkyl halides is 3. The molecule has 1 aliphatic heterocycles. The number of carbonyl (C=O) groups excluding carboxylic acids is 1. The number of carbonyl (C=O) groups is 1. The Labute approximate surface area is 228 Å². The molecule has 2 N–H and O–H groups in total. The standard InChI is InChI=1S/C28H27F3N6O3/c1-19-5-2-3-8-24(19)25(38)33-27-34-26(35-37(27)22-9-11-23(12-10-22)40-28(29,30)31)32-21-7-4-6-20(17-21)18-36-13-15-39-16-14-36/h2-12,17H,13-16,18H2,1H3,(H2,32,33,34,35,38). The zero-order chi connectivity index (χ0) is 28.1. The van der Waals surface area contributed by atoms with E-state index in [0.29, 0.717) is 24.5 Å². The summed E-state index contributed by atoms with van der Waals surface area (Å²) in [6, 6.07) is 20.0. The van der Waals surface area contributed by atoms with E-state index in [1.54, 1.807) is 12.1 Å². The van der Waals surface area contributed by atoms with Crippen LogP contribution in [0.2, 0.25) is 0 Å². The summed E-state index contributed by atoms with van der Waals surface area (Å²) >= 11 is 0. The third kappa shape index (κ3) is 6.96. The van der Waals surface area contributed by atoms with E-state index in [9.17, 15) is 18.0 Å². The van der Waals surface area contributed by atoms with Gasteiger partial charge >= 0.3 is 6.36 Å². The first-order chi connectivity index (χ1) is 19.2. The number of ether oxygens (including phenoxy) is 2. The number of amides is 1. The highest BCUT2D eigenvalue weighted by atomic mass is 19.4. The van der Waals surface area contributed by atoms with Crippen LogP contribution in [0.25, 0.3) is 5.69 Å². The molecule has 1 aliphatic rings. The second-order valence-corrected chi connectivity index (χ2v) is 9.20. The molecule has 0 unspecified atom stereocenters. The lowest BCUT2D eigenvalue weighted by atomic mass is 10.1. The first-order valence-corrected chi connectivity index (χ1v) is 12.6. The molecule has 0 bridgehead atoms. The number of morpholine rings is 1. The fourth-order valence-corrected chi connectivity index (χ4v) is 4.31. The quantitative estimate of drug-likeness (QED) is 0.306. The molecule has 0 saturated carbocycles. The number of hydrogen-bond acceptors (Lipinski definition) is 7. The van der Waals surface area contributed by atoms with Gasteiger partial charge in [0.1, 0.15) is 5.75 Å². The SMILES string of the molecule is Cc1ccccc1C(=O)Nc1nc(Nc2cccc(CN3CCOCC3)c2)nn1-c1ccc(OC(F)(F)F)cc1. The van der Waals surface area contributed by atoms with E-state index in [2.05, 4.69) is 30.4 Å². The Kier molecular flexibility index (Phi) is 7.99. The zero-order valence-electron chi connectivity index (χ0n) is 21.6. The van der Waals surface area contributed by atoms with Gasteiger partial charge in [-0.25, -0.2) is 0 Å². The lowest BCUT2D eigenvalue weighted by molar-refractivity contribution is -0.274. The molecule has 0 atom stereocenters. The van der Waals surface area contributed by atoms with Crippen molar-refractivity contribution in [3.05, 3.63) is 89.5 Å². The molecule has 40 heavy (non-hydrogen) atoms. The molecule has 1 saturated heterocycles. The maximum absolute atomic E-state index is 13.1. The summed E-state index contributed by atoms with van der Waals surface area (Å²) in [5.74, 6) is -0.496. The lowest BCUT2D eigenvalue weighted by Crippen LogP contribution is -2.35. The number of aromatic nitrogens is 3. The van der Waals surface area contributed by atoms with Gasteiger partial charge in [0.25, 0.3) is 5.91 Å². The Morgan fingerprint density at radius 2 is 1.77 bits per heavy atom. The maximum Gasteiger partial charge on any atom is 0.573 e. The maximum atomic E-state index is 13.1. The van der Waals surface area contributed by atoms with E-state index in [4.69, 9.17) is 4.74 Å². The molecule has 1 fully saturated rings. The molecular weight excluding hydrogens is 525 g/mol. The van der Waals surface area contributed by atoms with Crippen LogP contribution in [-0.4, -0.2) is 58.2 Å². The normalized spacial score (nSPS) is 14.1. The van der Waals surface area contributed by atoms with Gasteiger partial charge in [-0.15, -0.1) is 18.3 Å². The topological polar surface area (TPSA) is 93.5 Å². The minimum absolute atomic E-state index is 0.0877. The van der Waals surface area contributed by atoms with Crippen molar-refractivity contribution in [3.8, 4) is 11.4 Å². The van der Waals surface area contributed by atoms with Gasteiger partial charge < -0.3 is 14.8 Å². The molecule has 12 heteroatoms. The van der Waals surface area contributed by atoms with Crippen LogP contribution in [0.5, 0.6) is 5.75 Å². The Morgan fingerprint density at radius 3 is 2.50 bits per heavy atom. The van der Waals surface area contributed by atoms with Gasteiger partial charge in [-0.2, -0.15) is 9.67 Å². The molecule has 2 heterocycles. The average Bonchev–Trinajstić information content (AvgIpc) is 3.31. The van der Waals surface area contributed by atoms with Crippen molar-refractivity contribution in [1.82, 2.24) is 19.7 Å². The zero-order valence-corrected chi connectivity index (χ0v) is 21.6. The van der Waals surface area contributed by atoms with Crippen molar-refractivity contribution >= 4 is 23.5 Å². The van der Waals surface area contributed by atoms with E-state index >= 15 is 0 Å². The summed E-state index contributed by atoms with van der Waals surface area (Å²) in [4.78, 5) is 19.8. The summed E-state index contributed by atoms with van der Waals surface area (Å²) in [5.41, 5.74) is 3.44. The number of halogens is 3. The van der Waals surface area contributed by atoms with Crippen LogP contribution in [0.15, 0.2) is 72.8 Å². The van der Waals surface area contributed by atoms with Crippen molar-refractivity contribution in [2.75, 3.05) is 36.9 Å². The monoisotopic (exact) mass is 552 g/mol. The number of anilines is 3. The summed E-state index contributed by atoms with van der Waals surface area (Å²) < 4.78 is 48.6. The molecule has 0 radical (unpaired) electrons. The van der Waals surface area contributed by atoms with Gasteiger partial charge in [0.15, 0.2) is 0 Å². The lowest BCUT2D eigenvalue weighted by Gasteiger charge is -2.26. The second-order valence-electron chi connectivity index (χ2n) is 9.20. The Hall–Kier alpha value is -4.42. The van der Waals surface area contributed by atoms with Crippen molar-refractivity contribution < 1.29 is 27.4 Å². The van der Waals surface area contributed by atoms with Crippen molar-refractivity contribution in [2.24, 2.45) is 0 Å². The van der Waals surface area contributed by atoms with Crippen LogP contribution in [0.3, 0.4) is 0 Å². The molecule has 9 nitrogen and oxygen atoms in total. The molecule has 0 aliphatic carbocycles. The van der Waals surface area contributed by atoms with Crippen LogP contribution in [-0.2, 0) is 11.3 Å². The fraction of sp³-hybridized carbons (Fsp3) is 0.250. The highest BCUT2D eigenvalue weighted by Crippen LogP contribution is 2.26. The fourth-order valence-electron chi connectivity index (χ4n) is 4.31. The molecule has 3 aromatic carbocycles. The predicted octanol–water partition coefficient (Wildman–Crippen LogP) is 5.30. The van der Waals surface area contributed by atoms with E-state index in [0.717, 1.165) is 36.4 Å². The summed E-state index contributed by atoms with van der Waals surface area (Å²) in [5, 5.41) is 10.4. The highest BCUT2D eigenvalue weighted by Gasteiger charge is 2.31. The van der Waals surface area contributed by atoms with Crippen molar-refractivity contribution in [2.45, 2.75) is 19.8 Å². The second kappa shape index (κ2) is 11.8. The van der Waals surface area contributed by atoms with Crippen LogP contribution >= 0.6 is 0 Å². The Bertz CT molecular complexity index is 1470. The van der Waals surface area contributed by atoms with Crippen LogP contribution in [0.4, 0.5) is 30.8 Å².